The summed E-state index contributed by atoms with van der Waals surface area (Å²) in [6.07, 6.45) is 3.16. The van der Waals surface area contributed by atoms with Crippen LogP contribution in [-0.2, 0) is 11.2 Å². The fourth-order valence-electron chi connectivity index (χ4n) is 2.24. The molecule has 1 atom stereocenters. The van der Waals surface area contributed by atoms with Gasteiger partial charge in [0.15, 0.2) is 17.8 Å². The lowest BCUT2D eigenvalue weighted by Crippen LogP contribution is -2.10. The van der Waals surface area contributed by atoms with E-state index in [0.29, 0.717) is 5.76 Å². The van der Waals surface area contributed by atoms with Gasteiger partial charge in [0.05, 0.1) is 21.8 Å². The van der Waals surface area contributed by atoms with E-state index < -0.39 is 12.1 Å². The van der Waals surface area contributed by atoms with E-state index in [1.165, 1.54) is 12.7 Å². The van der Waals surface area contributed by atoms with Crippen LogP contribution in [-0.4, -0.2) is 15.9 Å². The number of carbonyl (C=O) groups excluding carboxylic acids is 1. The SMILES string of the molecule is CCc1nc(C)c([C@@H](C)OC(=O)c2ncoc2-c2ccco2)s1. The second-order valence-corrected chi connectivity index (χ2v) is 6.08. The minimum absolute atomic E-state index is 0.102. The number of nitrogens with zero attached hydrogens (tertiary/aromatic N) is 2. The molecule has 0 bridgehead atoms. The molecule has 7 heteroatoms. The van der Waals surface area contributed by atoms with Crippen LogP contribution in [0.2, 0.25) is 0 Å². The third kappa shape index (κ3) is 3.05. The molecule has 23 heavy (non-hydrogen) atoms. The molecule has 0 unspecified atom stereocenters. The maximum atomic E-state index is 12.4. The third-order valence-electron chi connectivity index (χ3n) is 3.34. The number of aryl methyl sites for hydroxylation is 2. The van der Waals surface area contributed by atoms with Crippen LogP contribution in [0.4, 0.5) is 0 Å². The van der Waals surface area contributed by atoms with Crippen LogP contribution in [0.15, 0.2) is 33.6 Å². The molecule has 3 rings (SSSR count). The minimum Gasteiger partial charge on any atom is -0.461 e. The van der Waals surface area contributed by atoms with Gasteiger partial charge in [0, 0.05) is 0 Å². The average Bonchev–Trinajstić information content (AvgIpc) is 3.26. The van der Waals surface area contributed by atoms with Gasteiger partial charge in [0.25, 0.3) is 0 Å². The zero-order chi connectivity index (χ0) is 16.4. The maximum absolute atomic E-state index is 12.4. The summed E-state index contributed by atoms with van der Waals surface area (Å²) in [6.45, 7) is 5.79. The zero-order valence-corrected chi connectivity index (χ0v) is 13.8. The van der Waals surface area contributed by atoms with Crippen molar-refractivity contribution in [2.45, 2.75) is 33.3 Å². The van der Waals surface area contributed by atoms with Gasteiger partial charge in [-0.2, -0.15) is 0 Å². The van der Waals surface area contributed by atoms with Crippen molar-refractivity contribution in [1.82, 2.24) is 9.97 Å². The van der Waals surface area contributed by atoms with E-state index in [1.807, 2.05) is 20.8 Å². The Bertz CT molecular complexity index is 804. The smallest absolute Gasteiger partial charge is 0.361 e. The lowest BCUT2D eigenvalue weighted by molar-refractivity contribution is 0.0337. The highest BCUT2D eigenvalue weighted by Crippen LogP contribution is 2.30. The monoisotopic (exact) mass is 332 g/mol. The first-order valence-corrected chi connectivity index (χ1v) is 8.06. The number of aromatic nitrogens is 2. The van der Waals surface area contributed by atoms with Gasteiger partial charge in [-0.3, -0.25) is 0 Å². The predicted octanol–water partition coefficient (Wildman–Crippen LogP) is 4.18. The molecule has 6 nitrogen and oxygen atoms in total. The summed E-state index contributed by atoms with van der Waals surface area (Å²) in [4.78, 5) is 21.7. The second kappa shape index (κ2) is 6.37. The summed E-state index contributed by atoms with van der Waals surface area (Å²) in [5.41, 5.74) is 0.989. The van der Waals surface area contributed by atoms with Gasteiger partial charge in [-0.25, -0.2) is 14.8 Å². The molecule has 0 aliphatic rings. The molecular weight excluding hydrogens is 316 g/mol. The van der Waals surface area contributed by atoms with Gasteiger partial charge < -0.3 is 13.6 Å². The summed E-state index contributed by atoms with van der Waals surface area (Å²) in [7, 11) is 0. The highest BCUT2D eigenvalue weighted by atomic mass is 32.1. The molecular formula is C16H16N2O4S. The van der Waals surface area contributed by atoms with E-state index in [2.05, 4.69) is 9.97 Å². The molecule has 0 saturated carbocycles. The Morgan fingerprint density at radius 2 is 2.26 bits per heavy atom. The molecule has 0 spiro atoms. The van der Waals surface area contributed by atoms with Crippen LogP contribution in [0.25, 0.3) is 11.5 Å². The Hall–Kier alpha value is -2.41. The van der Waals surface area contributed by atoms with E-state index in [4.69, 9.17) is 13.6 Å². The molecule has 0 N–H and O–H groups in total. The quantitative estimate of drug-likeness (QED) is 0.652. The number of hydrogen-bond acceptors (Lipinski definition) is 7. The Morgan fingerprint density at radius 1 is 1.43 bits per heavy atom. The van der Waals surface area contributed by atoms with Crippen LogP contribution in [0.1, 0.15) is 46.0 Å². The Morgan fingerprint density at radius 3 is 2.91 bits per heavy atom. The van der Waals surface area contributed by atoms with Crippen LogP contribution in [0, 0.1) is 6.92 Å². The number of thiazole rings is 1. The molecule has 0 aliphatic carbocycles. The summed E-state index contributed by atoms with van der Waals surface area (Å²) >= 11 is 1.56. The van der Waals surface area contributed by atoms with Crippen molar-refractivity contribution in [3.63, 3.8) is 0 Å². The molecule has 0 amide bonds. The number of hydrogen-bond donors (Lipinski definition) is 0. The second-order valence-electron chi connectivity index (χ2n) is 4.97. The maximum Gasteiger partial charge on any atom is 0.361 e. The van der Waals surface area contributed by atoms with Crippen molar-refractivity contribution in [2.75, 3.05) is 0 Å². The standard InChI is InChI=1S/C16H16N2O4S/c1-4-12-18-9(2)15(23-12)10(3)22-16(19)13-14(21-8-17-13)11-6-5-7-20-11/h5-8,10H,4H2,1-3H3/t10-/m1/s1. The van der Waals surface area contributed by atoms with Gasteiger partial charge in [0.1, 0.15) is 6.10 Å². The van der Waals surface area contributed by atoms with E-state index in [-0.39, 0.29) is 11.5 Å². The Balaban J connectivity index is 1.79. The number of rotatable bonds is 5. The summed E-state index contributed by atoms with van der Waals surface area (Å²) in [5.74, 6) is 0.148. The molecule has 120 valence electrons. The summed E-state index contributed by atoms with van der Waals surface area (Å²) in [6, 6.07) is 3.41. The van der Waals surface area contributed by atoms with Crippen LogP contribution < -0.4 is 0 Å². The van der Waals surface area contributed by atoms with E-state index in [1.54, 1.807) is 23.5 Å². The van der Waals surface area contributed by atoms with E-state index >= 15 is 0 Å². The van der Waals surface area contributed by atoms with Crippen LogP contribution in [0.3, 0.4) is 0 Å². The number of furan rings is 1. The van der Waals surface area contributed by atoms with Crippen molar-refractivity contribution in [2.24, 2.45) is 0 Å². The number of oxazole rings is 1. The first-order valence-electron chi connectivity index (χ1n) is 7.24. The predicted molar refractivity (Wildman–Crippen MR) is 84.3 cm³/mol. The van der Waals surface area contributed by atoms with Gasteiger partial charge in [-0.15, -0.1) is 11.3 Å². The van der Waals surface area contributed by atoms with Gasteiger partial charge >= 0.3 is 5.97 Å². The number of esters is 1. The van der Waals surface area contributed by atoms with Crippen LogP contribution in [0.5, 0.6) is 0 Å². The van der Waals surface area contributed by atoms with Crippen molar-refractivity contribution < 1.29 is 18.4 Å². The first-order chi connectivity index (χ1) is 11.1. The number of carbonyl (C=O) groups is 1. The lowest BCUT2D eigenvalue weighted by atomic mass is 10.2. The molecule has 0 aliphatic heterocycles. The van der Waals surface area contributed by atoms with Crippen molar-refractivity contribution >= 4 is 17.3 Å². The topological polar surface area (TPSA) is 78.4 Å². The molecule has 3 aromatic rings. The fourth-order valence-corrected chi connectivity index (χ4v) is 3.23. The average molecular weight is 332 g/mol. The Labute approximate surface area is 137 Å². The highest BCUT2D eigenvalue weighted by molar-refractivity contribution is 7.11. The third-order valence-corrected chi connectivity index (χ3v) is 4.80. The molecule has 0 fully saturated rings. The van der Waals surface area contributed by atoms with Crippen molar-refractivity contribution in [3.05, 3.63) is 46.1 Å². The first kappa shape index (κ1) is 15.5. The Kier molecular flexibility index (Phi) is 4.29. The minimum atomic E-state index is -0.552. The van der Waals surface area contributed by atoms with E-state index in [9.17, 15) is 4.79 Å². The largest absolute Gasteiger partial charge is 0.461 e. The normalized spacial score (nSPS) is 12.3. The van der Waals surface area contributed by atoms with Gasteiger partial charge in [0.2, 0.25) is 5.76 Å². The lowest BCUT2D eigenvalue weighted by Gasteiger charge is -2.11. The van der Waals surface area contributed by atoms with Gasteiger partial charge in [-0.05, 0) is 32.4 Å². The fraction of sp³-hybridized carbons (Fsp3) is 0.312. The van der Waals surface area contributed by atoms with Gasteiger partial charge in [-0.1, -0.05) is 6.92 Å². The zero-order valence-electron chi connectivity index (χ0n) is 13.0. The molecule has 3 aromatic heterocycles. The summed E-state index contributed by atoms with van der Waals surface area (Å²) < 4.78 is 16.0. The van der Waals surface area contributed by atoms with Crippen molar-refractivity contribution in [1.29, 1.82) is 0 Å². The molecule has 0 radical (unpaired) electrons. The molecule has 3 heterocycles. The number of ether oxygens (including phenoxy) is 1. The highest BCUT2D eigenvalue weighted by Gasteiger charge is 2.25. The van der Waals surface area contributed by atoms with Crippen molar-refractivity contribution in [3.8, 4) is 11.5 Å². The van der Waals surface area contributed by atoms with E-state index in [0.717, 1.165) is 22.0 Å². The van der Waals surface area contributed by atoms with Crippen LogP contribution >= 0.6 is 11.3 Å². The summed E-state index contributed by atoms with van der Waals surface area (Å²) in [5, 5.41) is 1.03. The molecule has 0 aromatic carbocycles. The molecule has 0 saturated heterocycles.